The van der Waals surface area contributed by atoms with E-state index >= 15 is 0 Å². The predicted octanol–water partition coefficient (Wildman–Crippen LogP) is 1.98. The van der Waals surface area contributed by atoms with Crippen LogP contribution >= 0.6 is 11.6 Å². The van der Waals surface area contributed by atoms with Gasteiger partial charge in [-0.15, -0.1) is 0 Å². The molecule has 0 aliphatic carbocycles. The summed E-state index contributed by atoms with van der Waals surface area (Å²) in [7, 11) is 6.23. The number of rotatable bonds is 5. The molecule has 1 aromatic rings. The quantitative estimate of drug-likeness (QED) is 0.895. The molecule has 0 saturated carbocycles. The van der Waals surface area contributed by atoms with Gasteiger partial charge in [0.1, 0.15) is 5.82 Å². The lowest BCUT2D eigenvalue weighted by Crippen LogP contribution is -2.37. The van der Waals surface area contributed by atoms with E-state index in [2.05, 4.69) is 40.3 Å². The van der Waals surface area contributed by atoms with Crippen LogP contribution in [0.25, 0.3) is 0 Å². The van der Waals surface area contributed by atoms with Gasteiger partial charge in [-0.2, -0.15) is 0 Å². The average Bonchev–Trinajstić information content (AvgIpc) is 2.78. The molecule has 1 aliphatic rings. The van der Waals surface area contributed by atoms with Crippen molar-refractivity contribution in [3.05, 3.63) is 22.8 Å². The molecule has 1 unspecified atom stereocenters. The van der Waals surface area contributed by atoms with Crippen LogP contribution in [0.3, 0.4) is 0 Å². The van der Waals surface area contributed by atoms with Crippen LogP contribution < -0.4 is 10.2 Å². The van der Waals surface area contributed by atoms with Crippen molar-refractivity contribution in [1.82, 2.24) is 15.2 Å². The Morgan fingerprint density at radius 3 is 3.00 bits per heavy atom. The summed E-state index contributed by atoms with van der Waals surface area (Å²) in [4.78, 5) is 9.09. The van der Waals surface area contributed by atoms with Gasteiger partial charge in [-0.25, -0.2) is 4.98 Å². The van der Waals surface area contributed by atoms with Gasteiger partial charge in [-0.3, -0.25) is 0 Å². The third-order valence-corrected chi connectivity index (χ3v) is 4.18. The first kappa shape index (κ1) is 14.6. The molecule has 0 spiro atoms. The van der Waals surface area contributed by atoms with Gasteiger partial charge in [0.25, 0.3) is 0 Å². The Bertz CT molecular complexity index is 424. The highest BCUT2D eigenvalue weighted by Crippen LogP contribution is 2.22. The van der Waals surface area contributed by atoms with E-state index in [-0.39, 0.29) is 0 Å². The van der Waals surface area contributed by atoms with Crippen LogP contribution in [0.4, 0.5) is 5.82 Å². The lowest BCUT2D eigenvalue weighted by molar-refractivity contribution is 0.314. The highest BCUT2D eigenvalue weighted by molar-refractivity contribution is 6.31. The third kappa shape index (κ3) is 3.59. The van der Waals surface area contributed by atoms with Gasteiger partial charge in [0, 0.05) is 32.4 Å². The number of aromatic nitrogens is 1. The molecule has 1 fully saturated rings. The first-order valence-corrected chi connectivity index (χ1v) is 7.20. The molecule has 19 heavy (non-hydrogen) atoms. The number of halogens is 1. The van der Waals surface area contributed by atoms with E-state index in [0.717, 1.165) is 29.5 Å². The van der Waals surface area contributed by atoms with E-state index in [4.69, 9.17) is 11.6 Å². The molecule has 0 radical (unpaired) electrons. The summed E-state index contributed by atoms with van der Waals surface area (Å²) in [6.07, 6.45) is 4.32. The normalized spacial score (nSPS) is 19.9. The maximum absolute atomic E-state index is 6.14. The number of likely N-dealkylation sites (N-methyl/N-ethyl adjacent to an activating group) is 2. The summed E-state index contributed by atoms with van der Waals surface area (Å²) >= 11 is 6.14. The Balaban J connectivity index is 2.05. The summed E-state index contributed by atoms with van der Waals surface area (Å²) in [6.45, 7) is 2.99. The molecule has 4 nitrogen and oxygen atoms in total. The molecule has 5 heteroatoms. The van der Waals surface area contributed by atoms with Crippen LogP contribution in [-0.4, -0.2) is 50.2 Å². The molecule has 1 N–H and O–H groups in total. The van der Waals surface area contributed by atoms with E-state index in [0.29, 0.717) is 6.04 Å². The van der Waals surface area contributed by atoms with E-state index in [9.17, 15) is 0 Å². The Morgan fingerprint density at radius 2 is 2.37 bits per heavy atom. The van der Waals surface area contributed by atoms with Crippen LogP contribution in [0, 0.1) is 0 Å². The Labute approximate surface area is 120 Å². The summed E-state index contributed by atoms with van der Waals surface area (Å²) < 4.78 is 0. The fraction of sp³-hybridized carbons (Fsp3) is 0.643. The van der Waals surface area contributed by atoms with Crippen molar-refractivity contribution in [2.75, 3.05) is 39.1 Å². The summed E-state index contributed by atoms with van der Waals surface area (Å²) in [5, 5.41) is 3.86. The first-order valence-electron chi connectivity index (χ1n) is 6.82. The van der Waals surface area contributed by atoms with Crippen molar-refractivity contribution in [1.29, 1.82) is 0 Å². The zero-order chi connectivity index (χ0) is 13.8. The molecular weight excluding hydrogens is 260 g/mol. The number of anilines is 1. The highest BCUT2D eigenvalue weighted by atomic mass is 35.5. The van der Waals surface area contributed by atoms with Crippen LogP contribution in [0.1, 0.15) is 18.4 Å². The molecule has 0 aromatic carbocycles. The molecule has 2 rings (SSSR count). The van der Waals surface area contributed by atoms with E-state index in [1.165, 1.54) is 19.4 Å². The third-order valence-electron chi connectivity index (χ3n) is 3.83. The number of likely N-dealkylation sites (tertiary alicyclic amines) is 1. The van der Waals surface area contributed by atoms with Crippen molar-refractivity contribution >= 4 is 17.4 Å². The van der Waals surface area contributed by atoms with Gasteiger partial charge in [-0.1, -0.05) is 11.6 Å². The van der Waals surface area contributed by atoms with Crippen molar-refractivity contribution in [3.63, 3.8) is 0 Å². The zero-order valence-electron chi connectivity index (χ0n) is 12.0. The summed E-state index contributed by atoms with van der Waals surface area (Å²) in [5.41, 5.74) is 1.10. The topological polar surface area (TPSA) is 31.4 Å². The van der Waals surface area contributed by atoms with Gasteiger partial charge >= 0.3 is 0 Å². The molecule has 1 atom stereocenters. The number of hydrogen-bond donors (Lipinski definition) is 1. The number of pyridine rings is 1. The summed E-state index contributed by atoms with van der Waals surface area (Å²) in [6, 6.07) is 2.71. The largest absolute Gasteiger partial charge is 0.358 e. The lowest BCUT2D eigenvalue weighted by Gasteiger charge is -2.27. The van der Waals surface area contributed by atoms with Crippen LogP contribution in [-0.2, 0) is 6.54 Å². The molecule has 1 aromatic heterocycles. The minimum Gasteiger partial charge on any atom is -0.358 e. The van der Waals surface area contributed by atoms with Gasteiger partial charge in [-0.05, 0) is 45.1 Å². The van der Waals surface area contributed by atoms with Gasteiger partial charge in [0.2, 0.25) is 0 Å². The Kier molecular flexibility index (Phi) is 5.02. The van der Waals surface area contributed by atoms with Crippen molar-refractivity contribution < 1.29 is 0 Å². The molecule has 0 amide bonds. The average molecular weight is 283 g/mol. The monoisotopic (exact) mass is 282 g/mol. The SMILES string of the molecule is CNCc1cc(N(C)CC2CCCN2C)ncc1Cl. The maximum atomic E-state index is 6.14. The summed E-state index contributed by atoms with van der Waals surface area (Å²) in [5.74, 6) is 0.995. The van der Waals surface area contributed by atoms with Crippen LogP contribution in [0.15, 0.2) is 12.3 Å². The molecular formula is C14H23ClN4. The molecule has 1 saturated heterocycles. The van der Waals surface area contributed by atoms with Crippen LogP contribution in [0.2, 0.25) is 5.02 Å². The van der Waals surface area contributed by atoms with Gasteiger partial charge in [0.05, 0.1) is 5.02 Å². The standard InChI is InChI=1S/C14H23ClN4/c1-16-8-11-7-14(17-9-13(11)15)19(3)10-12-5-4-6-18(12)2/h7,9,12,16H,4-6,8,10H2,1-3H3. The second kappa shape index (κ2) is 6.55. The second-order valence-electron chi connectivity index (χ2n) is 5.32. The Morgan fingerprint density at radius 1 is 1.58 bits per heavy atom. The minimum absolute atomic E-state index is 0.634. The molecule has 1 aliphatic heterocycles. The zero-order valence-corrected chi connectivity index (χ0v) is 12.7. The van der Waals surface area contributed by atoms with Crippen molar-refractivity contribution in [2.24, 2.45) is 0 Å². The predicted molar refractivity (Wildman–Crippen MR) is 80.9 cm³/mol. The fourth-order valence-electron chi connectivity index (χ4n) is 2.62. The Hall–Kier alpha value is -0.840. The van der Waals surface area contributed by atoms with Crippen molar-refractivity contribution in [3.8, 4) is 0 Å². The highest BCUT2D eigenvalue weighted by Gasteiger charge is 2.22. The molecule has 0 bridgehead atoms. The van der Waals surface area contributed by atoms with Gasteiger partial charge < -0.3 is 15.1 Å². The van der Waals surface area contributed by atoms with Crippen molar-refractivity contribution in [2.45, 2.75) is 25.4 Å². The minimum atomic E-state index is 0.634. The number of nitrogens with zero attached hydrogens (tertiary/aromatic N) is 3. The van der Waals surface area contributed by atoms with Gasteiger partial charge in [0.15, 0.2) is 0 Å². The van der Waals surface area contributed by atoms with E-state index in [1.54, 1.807) is 6.20 Å². The maximum Gasteiger partial charge on any atom is 0.128 e. The molecule has 2 heterocycles. The van der Waals surface area contributed by atoms with E-state index in [1.807, 2.05) is 7.05 Å². The fourth-order valence-corrected chi connectivity index (χ4v) is 2.79. The van der Waals surface area contributed by atoms with E-state index < -0.39 is 0 Å². The second-order valence-corrected chi connectivity index (χ2v) is 5.73. The first-order chi connectivity index (χ1) is 9.11. The lowest BCUT2D eigenvalue weighted by atomic mass is 10.2. The molecule has 106 valence electrons. The smallest absolute Gasteiger partial charge is 0.128 e. The number of nitrogens with one attached hydrogen (secondary N) is 1. The number of hydrogen-bond acceptors (Lipinski definition) is 4. The van der Waals surface area contributed by atoms with Crippen LogP contribution in [0.5, 0.6) is 0 Å².